The molecule has 1 heterocycles. The zero-order valence-corrected chi connectivity index (χ0v) is 14.1. The van der Waals surface area contributed by atoms with Gasteiger partial charge in [0, 0.05) is 32.1 Å². The van der Waals surface area contributed by atoms with Crippen molar-refractivity contribution >= 4 is 11.8 Å². The predicted molar refractivity (Wildman–Crippen MR) is 86.8 cm³/mol. The summed E-state index contributed by atoms with van der Waals surface area (Å²) >= 11 is 0. The van der Waals surface area contributed by atoms with E-state index in [2.05, 4.69) is 5.32 Å². The van der Waals surface area contributed by atoms with Crippen molar-refractivity contribution in [2.24, 2.45) is 5.73 Å². The van der Waals surface area contributed by atoms with E-state index in [0.717, 1.165) is 18.6 Å². The number of likely N-dealkylation sites (tertiary alicyclic amines) is 1. The van der Waals surface area contributed by atoms with E-state index in [-0.39, 0.29) is 25.4 Å². The highest BCUT2D eigenvalue weighted by molar-refractivity contribution is 5.95. The number of carbonyl (C=O) groups is 2. The monoisotopic (exact) mass is 375 g/mol. The van der Waals surface area contributed by atoms with Gasteiger partial charge in [0.25, 0.3) is 5.91 Å². The SMILES string of the molecule is NCCC(=O)NCC1CCCCN1C(=O)c1cccc(C(F)(F)F)c1F. The number of hydrogen-bond donors (Lipinski definition) is 2. The molecule has 0 radical (unpaired) electrons. The fourth-order valence-corrected chi connectivity index (χ4v) is 3.00. The van der Waals surface area contributed by atoms with E-state index in [9.17, 15) is 27.2 Å². The van der Waals surface area contributed by atoms with Crippen LogP contribution < -0.4 is 11.1 Å². The lowest BCUT2D eigenvalue weighted by molar-refractivity contribution is -0.140. The van der Waals surface area contributed by atoms with Crippen LogP contribution in [0.5, 0.6) is 0 Å². The summed E-state index contributed by atoms with van der Waals surface area (Å²) in [5, 5.41) is 2.65. The van der Waals surface area contributed by atoms with Crippen LogP contribution in [0.15, 0.2) is 18.2 Å². The zero-order valence-electron chi connectivity index (χ0n) is 14.1. The van der Waals surface area contributed by atoms with Crippen LogP contribution in [0.2, 0.25) is 0 Å². The summed E-state index contributed by atoms with van der Waals surface area (Å²) < 4.78 is 52.9. The Morgan fingerprint density at radius 2 is 2.00 bits per heavy atom. The summed E-state index contributed by atoms with van der Waals surface area (Å²) in [4.78, 5) is 25.6. The minimum absolute atomic E-state index is 0.142. The van der Waals surface area contributed by atoms with Gasteiger partial charge in [0.05, 0.1) is 11.1 Å². The molecular weight excluding hydrogens is 354 g/mol. The molecule has 1 aromatic carbocycles. The molecule has 1 saturated heterocycles. The number of nitrogens with two attached hydrogens (primary N) is 1. The summed E-state index contributed by atoms with van der Waals surface area (Å²) in [7, 11) is 0. The Hall–Kier alpha value is -2.16. The number of alkyl halides is 3. The number of piperidine rings is 1. The Morgan fingerprint density at radius 1 is 1.27 bits per heavy atom. The van der Waals surface area contributed by atoms with Crippen molar-refractivity contribution < 1.29 is 27.2 Å². The third kappa shape index (κ3) is 4.72. The van der Waals surface area contributed by atoms with E-state index in [1.54, 1.807) is 0 Å². The Bertz CT molecular complexity index is 664. The summed E-state index contributed by atoms with van der Waals surface area (Å²) in [6, 6.07) is 2.27. The van der Waals surface area contributed by atoms with E-state index in [1.807, 2.05) is 0 Å². The Kier molecular flexibility index (Phi) is 6.57. The highest BCUT2D eigenvalue weighted by Gasteiger charge is 2.37. The quantitative estimate of drug-likeness (QED) is 0.776. The molecule has 1 fully saturated rings. The fourth-order valence-electron chi connectivity index (χ4n) is 3.00. The van der Waals surface area contributed by atoms with E-state index >= 15 is 0 Å². The molecule has 1 aromatic rings. The van der Waals surface area contributed by atoms with Crippen LogP contribution in [0.4, 0.5) is 17.6 Å². The van der Waals surface area contributed by atoms with Gasteiger partial charge in [0.2, 0.25) is 5.91 Å². The molecule has 1 atom stereocenters. The summed E-state index contributed by atoms with van der Waals surface area (Å²) in [5.41, 5.74) is 3.22. The highest BCUT2D eigenvalue weighted by atomic mass is 19.4. The maximum atomic E-state index is 14.3. The van der Waals surface area contributed by atoms with Crippen LogP contribution in [0.3, 0.4) is 0 Å². The van der Waals surface area contributed by atoms with Crippen molar-refractivity contribution in [2.45, 2.75) is 37.9 Å². The van der Waals surface area contributed by atoms with Gasteiger partial charge in [0.1, 0.15) is 5.82 Å². The number of rotatable bonds is 5. The average Bonchev–Trinajstić information content (AvgIpc) is 2.59. The molecule has 0 bridgehead atoms. The molecule has 0 aliphatic carbocycles. The van der Waals surface area contributed by atoms with Gasteiger partial charge in [-0.15, -0.1) is 0 Å². The van der Waals surface area contributed by atoms with Crippen LogP contribution in [-0.2, 0) is 11.0 Å². The van der Waals surface area contributed by atoms with Crippen molar-refractivity contribution in [3.05, 3.63) is 35.1 Å². The molecule has 3 N–H and O–H groups in total. The van der Waals surface area contributed by atoms with Gasteiger partial charge in [-0.1, -0.05) is 6.07 Å². The largest absolute Gasteiger partial charge is 0.419 e. The van der Waals surface area contributed by atoms with Crippen LogP contribution in [-0.4, -0.2) is 42.4 Å². The zero-order chi connectivity index (χ0) is 19.3. The van der Waals surface area contributed by atoms with Crippen molar-refractivity contribution in [1.82, 2.24) is 10.2 Å². The van der Waals surface area contributed by atoms with Crippen molar-refractivity contribution in [2.75, 3.05) is 19.6 Å². The maximum absolute atomic E-state index is 14.3. The topological polar surface area (TPSA) is 75.4 Å². The molecule has 0 saturated carbocycles. The van der Waals surface area contributed by atoms with Gasteiger partial charge in [-0.25, -0.2) is 4.39 Å². The molecule has 1 aliphatic rings. The van der Waals surface area contributed by atoms with Crippen LogP contribution in [0, 0.1) is 5.82 Å². The molecule has 26 heavy (non-hydrogen) atoms. The fraction of sp³-hybridized carbons (Fsp3) is 0.529. The van der Waals surface area contributed by atoms with Gasteiger partial charge in [0.15, 0.2) is 0 Å². The number of nitrogens with zero attached hydrogens (tertiary/aromatic N) is 1. The van der Waals surface area contributed by atoms with E-state index in [0.29, 0.717) is 25.5 Å². The first-order chi connectivity index (χ1) is 12.3. The first kappa shape index (κ1) is 20.2. The van der Waals surface area contributed by atoms with Gasteiger partial charge in [-0.05, 0) is 31.4 Å². The van der Waals surface area contributed by atoms with Gasteiger partial charge in [-0.2, -0.15) is 13.2 Å². The summed E-state index contributed by atoms with van der Waals surface area (Å²) in [5.74, 6) is -2.64. The van der Waals surface area contributed by atoms with E-state index in [4.69, 9.17) is 5.73 Å². The van der Waals surface area contributed by atoms with Gasteiger partial charge < -0.3 is 16.0 Å². The molecule has 0 spiro atoms. The lowest BCUT2D eigenvalue weighted by atomic mass is 9.99. The van der Waals surface area contributed by atoms with E-state index in [1.165, 1.54) is 4.90 Å². The molecule has 5 nitrogen and oxygen atoms in total. The third-order valence-corrected chi connectivity index (χ3v) is 4.33. The Balaban J connectivity index is 2.19. The summed E-state index contributed by atoms with van der Waals surface area (Å²) in [6.07, 6.45) is -2.68. The molecule has 144 valence electrons. The second kappa shape index (κ2) is 8.48. The molecule has 1 aliphatic heterocycles. The van der Waals surface area contributed by atoms with Crippen LogP contribution in [0.1, 0.15) is 41.6 Å². The van der Waals surface area contributed by atoms with Crippen molar-refractivity contribution in [1.29, 1.82) is 0 Å². The number of carbonyl (C=O) groups excluding carboxylic acids is 2. The molecule has 9 heteroatoms. The highest BCUT2D eigenvalue weighted by Crippen LogP contribution is 2.33. The molecule has 1 unspecified atom stereocenters. The number of halogens is 4. The second-order valence-electron chi connectivity index (χ2n) is 6.16. The van der Waals surface area contributed by atoms with Crippen molar-refractivity contribution in [3.63, 3.8) is 0 Å². The predicted octanol–water partition coefficient (Wildman–Crippen LogP) is 2.30. The first-order valence-corrected chi connectivity index (χ1v) is 8.39. The Morgan fingerprint density at radius 3 is 2.65 bits per heavy atom. The summed E-state index contributed by atoms with van der Waals surface area (Å²) in [6.45, 7) is 0.645. The Labute approximate surface area is 148 Å². The molecular formula is C17H21F4N3O2. The maximum Gasteiger partial charge on any atom is 0.419 e. The van der Waals surface area contributed by atoms with E-state index < -0.39 is 35.1 Å². The minimum atomic E-state index is -4.88. The lowest BCUT2D eigenvalue weighted by Crippen LogP contribution is -2.49. The van der Waals surface area contributed by atoms with Gasteiger partial charge in [-0.3, -0.25) is 9.59 Å². The number of amides is 2. The number of benzene rings is 1. The molecule has 2 rings (SSSR count). The number of hydrogen-bond acceptors (Lipinski definition) is 3. The normalized spacial score (nSPS) is 17.9. The molecule has 0 aromatic heterocycles. The smallest absolute Gasteiger partial charge is 0.354 e. The average molecular weight is 375 g/mol. The van der Waals surface area contributed by atoms with Crippen molar-refractivity contribution in [3.8, 4) is 0 Å². The van der Waals surface area contributed by atoms with Crippen LogP contribution in [0.25, 0.3) is 0 Å². The van der Waals surface area contributed by atoms with Crippen LogP contribution >= 0.6 is 0 Å². The van der Waals surface area contributed by atoms with Gasteiger partial charge >= 0.3 is 6.18 Å². The standard InChI is InChI=1S/C17H21F4N3O2/c18-15-12(5-3-6-13(15)17(19,20)21)16(26)24-9-2-1-4-11(24)10-23-14(25)7-8-22/h3,5-6,11H,1-2,4,7-10,22H2,(H,23,25). The second-order valence-corrected chi connectivity index (χ2v) is 6.16. The lowest BCUT2D eigenvalue weighted by Gasteiger charge is -2.36. The molecule has 2 amide bonds. The third-order valence-electron chi connectivity index (χ3n) is 4.33. The number of nitrogens with one attached hydrogen (secondary N) is 1. The first-order valence-electron chi connectivity index (χ1n) is 8.39. The minimum Gasteiger partial charge on any atom is -0.354 e.